The van der Waals surface area contributed by atoms with Gasteiger partial charge in [-0.2, -0.15) is 0 Å². The lowest BCUT2D eigenvalue weighted by Gasteiger charge is -2.20. The molecule has 0 aromatic carbocycles. The Hall–Kier alpha value is -1.20. The van der Waals surface area contributed by atoms with Crippen molar-refractivity contribution in [2.24, 2.45) is 5.41 Å². The zero-order chi connectivity index (χ0) is 12.8. The number of hydrogen-bond donors (Lipinski definition) is 2. The van der Waals surface area contributed by atoms with E-state index < -0.39 is 29.8 Å². The molecule has 0 heterocycles. The Kier molecular flexibility index (Phi) is 2.73. The Balaban J connectivity index is 2.67. The lowest BCUT2D eigenvalue weighted by molar-refractivity contribution is -0.147. The highest BCUT2D eigenvalue weighted by Gasteiger charge is 2.77. The van der Waals surface area contributed by atoms with Crippen LogP contribution in [0.15, 0.2) is 0 Å². The van der Waals surface area contributed by atoms with Gasteiger partial charge in [0.1, 0.15) is 0 Å². The van der Waals surface area contributed by atoms with E-state index in [1.165, 1.54) is 0 Å². The summed E-state index contributed by atoms with van der Waals surface area (Å²) < 4.78 is 25.8. The van der Waals surface area contributed by atoms with Gasteiger partial charge in [0.15, 0.2) is 0 Å². The summed E-state index contributed by atoms with van der Waals surface area (Å²) in [5.41, 5.74) is -2.75. The molecule has 0 saturated heterocycles. The first-order valence-electron chi connectivity index (χ1n) is 4.92. The van der Waals surface area contributed by atoms with Gasteiger partial charge in [0, 0.05) is 6.42 Å². The second-order valence-corrected chi connectivity index (χ2v) is 5.38. The molecule has 1 fully saturated rings. The summed E-state index contributed by atoms with van der Waals surface area (Å²) in [5, 5.41) is 10.6. The fraction of sp³-hybridized carbons (Fsp3) is 0.800. The largest absolute Gasteiger partial charge is 0.479 e. The number of nitrogens with one attached hydrogen (secondary N) is 1. The summed E-state index contributed by atoms with van der Waals surface area (Å²) in [4.78, 5) is 22.1. The van der Waals surface area contributed by atoms with E-state index in [9.17, 15) is 18.4 Å². The maximum atomic E-state index is 12.9. The van der Waals surface area contributed by atoms with Crippen molar-refractivity contribution in [2.75, 3.05) is 0 Å². The zero-order valence-electron chi connectivity index (χ0n) is 9.43. The molecule has 1 atom stereocenters. The van der Waals surface area contributed by atoms with Crippen LogP contribution in [0, 0.1) is 5.41 Å². The summed E-state index contributed by atoms with van der Waals surface area (Å²) in [6.45, 7) is 5.31. The van der Waals surface area contributed by atoms with Gasteiger partial charge in [0.25, 0.3) is 5.92 Å². The van der Waals surface area contributed by atoms with Crippen LogP contribution in [-0.2, 0) is 9.59 Å². The second-order valence-electron chi connectivity index (χ2n) is 5.38. The Bertz CT molecular complexity index is 335. The highest BCUT2D eigenvalue weighted by atomic mass is 19.3. The lowest BCUT2D eigenvalue weighted by atomic mass is 9.92. The van der Waals surface area contributed by atoms with Crippen LogP contribution in [0.25, 0.3) is 0 Å². The first-order chi connectivity index (χ1) is 7.00. The number of carbonyl (C=O) groups excluding carboxylic acids is 1. The summed E-state index contributed by atoms with van der Waals surface area (Å²) in [7, 11) is 0. The third-order valence-electron chi connectivity index (χ3n) is 2.40. The van der Waals surface area contributed by atoms with E-state index in [2.05, 4.69) is 0 Å². The second kappa shape index (κ2) is 3.40. The molecule has 1 amide bonds. The first-order valence-corrected chi connectivity index (χ1v) is 4.92. The molecular formula is C10H15F2NO3. The van der Waals surface area contributed by atoms with Crippen LogP contribution >= 0.6 is 0 Å². The van der Waals surface area contributed by atoms with E-state index in [4.69, 9.17) is 5.11 Å². The highest BCUT2D eigenvalue weighted by molar-refractivity contribution is 5.91. The first kappa shape index (κ1) is 12.9. The summed E-state index contributed by atoms with van der Waals surface area (Å²) >= 11 is 0. The van der Waals surface area contributed by atoms with Crippen LogP contribution in [0.3, 0.4) is 0 Å². The lowest BCUT2D eigenvalue weighted by Crippen LogP contribution is -2.48. The molecule has 0 bridgehead atoms. The molecule has 16 heavy (non-hydrogen) atoms. The average molecular weight is 235 g/mol. The van der Waals surface area contributed by atoms with Crippen LogP contribution in [0.4, 0.5) is 8.78 Å². The number of carboxylic acid groups (broad SMARTS) is 1. The quantitative estimate of drug-likeness (QED) is 0.777. The number of aliphatic carboxylic acids is 1. The Labute approximate surface area is 92.0 Å². The van der Waals surface area contributed by atoms with Gasteiger partial charge in [0.2, 0.25) is 11.4 Å². The standard InChI is InChI=1S/C10H15F2NO3/c1-8(2,3)4-6(14)13-9(7(15)16)5-10(9,11)12/h4-5H2,1-3H3,(H,13,14)(H,15,16). The number of hydrogen-bond acceptors (Lipinski definition) is 2. The summed E-state index contributed by atoms with van der Waals surface area (Å²) in [6.07, 6.45) is -0.816. The fourth-order valence-corrected chi connectivity index (χ4v) is 1.47. The van der Waals surface area contributed by atoms with Crippen molar-refractivity contribution in [1.82, 2.24) is 5.32 Å². The van der Waals surface area contributed by atoms with Gasteiger partial charge in [-0.15, -0.1) is 0 Å². The normalized spacial score (nSPS) is 27.3. The van der Waals surface area contributed by atoms with Gasteiger partial charge in [0.05, 0.1) is 6.42 Å². The highest BCUT2D eigenvalue weighted by Crippen LogP contribution is 2.52. The summed E-state index contributed by atoms with van der Waals surface area (Å²) in [5.74, 6) is -5.68. The number of carbonyl (C=O) groups is 2. The van der Waals surface area contributed by atoms with Crippen molar-refractivity contribution >= 4 is 11.9 Å². The minimum absolute atomic E-state index is 0.0120. The smallest absolute Gasteiger partial charge is 0.336 e. The monoisotopic (exact) mass is 235 g/mol. The number of rotatable bonds is 3. The van der Waals surface area contributed by atoms with Gasteiger partial charge < -0.3 is 10.4 Å². The molecule has 0 radical (unpaired) electrons. The van der Waals surface area contributed by atoms with Gasteiger partial charge in [-0.25, -0.2) is 13.6 Å². The predicted octanol–water partition coefficient (Wildman–Crippen LogP) is 1.40. The zero-order valence-corrected chi connectivity index (χ0v) is 9.43. The van der Waals surface area contributed by atoms with Gasteiger partial charge >= 0.3 is 5.97 Å². The van der Waals surface area contributed by atoms with Crippen molar-refractivity contribution in [3.05, 3.63) is 0 Å². The Morgan fingerprint density at radius 2 is 1.81 bits per heavy atom. The van der Waals surface area contributed by atoms with Gasteiger partial charge in [-0.1, -0.05) is 20.8 Å². The molecule has 1 unspecified atom stereocenters. The SMILES string of the molecule is CC(C)(C)CC(=O)NC1(C(=O)O)CC1(F)F. The van der Waals surface area contributed by atoms with Crippen molar-refractivity contribution in [1.29, 1.82) is 0 Å². The van der Waals surface area contributed by atoms with Crippen molar-refractivity contribution in [3.8, 4) is 0 Å². The van der Waals surface area contributed by atoms with Crippen molar-refractivity contribution < 1.29 is 23.5 Å². The average Bonchev–Trinajstić information content (AvgIpc) is 2.49. The number of halogens is 2. The van der Waals surface area contributed by atoms with Crippen LogP contribution < -0.4 is 5.32 Å². The fourth-order valence-electron chi connectivity index (χ4n) is 1.47. The number of amides is 1. The minimum atomic E-state index is -3.34. The third kappa shape index (κ3) is 2.31. The van der Waals surface area contributed by atoms with Crippen molar-refractivity contribution in [3.63, 3.8) is 0 Å². The number of alkyl halides is 2. The third-order valence-corrected chi connectivity index (χ3v) is 2.40. The van der Waals surface area contributed by atoms with E-state index >= 15 is 0 Å². The molecule has 1 rings (SSSR count). The molecular weight excluding hydrogens is 220 g/mol. The maximum absolute atomic E-state index is 12.9. The maximum Gasteiger partial charge on any atom is 0.336 e. The molecule has 1 aliphatic carbocycles. The molecule has 0 aromatic heterocycles. The molecule has 92 valence electrons. The van der Waals surface area contributed by atoms with E-state index in [0.29, 0.717) is 0 Å². The van der Waals surface area contributed by atoms with Crippen LogP contribution in [0.1, 0.15) is 33.6 Å². The number of carboxylic acids is 1. The van der Waals surface area contributed by atoms with Gasteiger partial charge in [-0.3, -0.25) is 4.79 Å². The van der Waals surface area contributed by atoms with E-state index in [1.54, 1.807) is 20.8 Å². The molecule has 0 aliphatic heterocycles. The molecule has 0 aromatic rings. The molecule has 2 N–H and O–H groups in total. The topological polar surface area (TPSA) is 66.4 Å². The van der Waals surface area contributed by atoms with Crippen LogP contribution in [0.5, 0.6) is 0 Å². The minimum Gasteiger partial charge on any atom is -0.479 e. The molecule has 4 nitrogen and oxygen atoms in total. The Morgan fingerprint density at radius 3 is 2.06 bits per heavy atom. The van der Waals surface area contributed by atoms with Crippen molar-refractivity contribution in [2.45, 2.75) is 45.1 Å². The van der Waals surface area contributed by atoms with Crippen LogP contribution in [-0.4, -0.2) is 28.4 Å². The van der Waals surface area contributed by atoms with E-state index in [0.717, 1.165) is 0 Å². The molecule has 1 aliphatic rings. The molecule has 0 spiro atoms. The van der Waals surface area contributed by atoms with E-state index in [-0.39, 0.29) is 11.8 Å². The van der Waals surface area contributed by atoms with Crippen LogP contribution in [0.2, 0.25) is 0 Å². The Morgan fingerprint density at radius 1 is 1.38 bits per heavy atom. The van der Waals surface area contributed by atoms with Gasteiger partial charge in [-0.05, 0) is 5.41 Å². The molecule has 1 saturated carbocycles. The predicted molar refractivity (Wildman–Crippen MR) is 52.1 cm³/mol. The molecule has 6 heteroatoms. The summed E-state index contributed by atoms with van der Waals surface area (Å²) in [6, 6.07) is 0. The van der Waals surface area contributed by atoms with E-state index in [1.807, 2.05) is 5.32 Å².